The number of nitrogens with zero attached hydrogens (tertiary/aromatic N) is 3. The molecule has 31 heavy (non-hydrogen) atoms. The van der Waals surface area contributed by atoms with Gasteiger partial charge < -0.3 is 9.64 Å². The predicted molar refractivity (Wildman–Crippen MR) is 124 cm³/mol. The molecule has 0 aliphatic carbocycles. The van der Waals surface area contributed by atoms with Gasteiger partial charge >= 0.3 is 0 Å². The molecule has 1 heterocycles. The van der Waals surface area contributed by atoms with Gasteiger partial charge in [0.25, 0.3) is 5.69 Å². The van der Waals surface area contributed by atoms with E-state index in [0.29, 0.717) is 18.1 Å². The minimum Gasteiger partial charge on any atom is -0.475 e. The number of benzene rings is 3. The molecule has 0 amide bonds. The van der Waals surface area contributed by atoms with E-state index in [9.17, 15) is 10.1 Å². The predicted octanol–water partition coefficient (Wildman–Crippen LogP) is 6.26. The van der Waals surface area contributed by atoms with E-state index in [2.05, 4.69) is 25.7 Å². The summed E-state index contributed by atoms with van der Waals surface area (Å²) in [5, 5.41) is 11.5. The molecule has 0 radical (unpaired) electrons. The van der Waals surface area contributed by atoms with Crippen molar-refractivity contribution in [1.82, 2.24) is 0 Å². The van der Waals surface area contributed by atoms with Crippen LogP contribution in [0.3, 0.4) is 0 Å². The SMILES string of the molecule is CC(C)(C)[C@H]1COC(c2cc([N+](=O)[O-])ccc2N(c2ccccc2)c2ccccc2)=N1. The molecule has 6 heteroatoms. The maximum Gasteiger partial charge on any atom is 0.270 e. The molecule has 0 saturated carbocycles. The molecule has 3 aromatic carbocycles. The zero-order valence-corrected chi connectivity index (χ0v) is 17.9. The van der Waals surface area contributed by atoms with Gasteiger partial charge in [-0.05, 0) is 35.7 Å². The number of ether oxygens (including phenoxy) is 1. The number of para-hydroxylation sites is 2. The van der Waals surface area contributed by atoms with E-state index in [1.165, 1.54) is 6.07 Å². The Morgan fingerprint density at radius 1 is 0.968 bits per heavy atom. The van der Waals surface area contributed by atoms with Crippen molar-refractivity contribution in [1.29, 1.82) is 0 Å². The Bertz CT molecular complexity index is 1070. The molecule has 4 rings (SSSR count). The fourth-order valence-corrected chi connectivity index (χ4v) is 3.55. The summed E-state index contributed by atoms with van der Waals surface area (Å²) < 4.78 is 5.98. The lowest BCUT2D eigenvalue weighted by molar-refractivity contribution is -0.384. The summed E-state index contributed by atoms with van der Waals surface area (Å²) >= 11 is 0. The van der Waals surface area contributed by atoms with Crippen LogP contribution in [-0.2, 0) is 4.74 Å². The molecular weight excluding hydrogens is 390 g/mol. The average molecular weight is 415 g/mol. The first-order valence-electron chi connectivity index (χ1n) is 10.2. The summed E-state index contributed by atoms with van der Waals surface area (Å²) in [7, 11) is 0. The summed E-state index contributed by atoms with van der Waals surface area (Å²) in [5.74, 6) is 0.440. The highest BCUT2D eigenvalue weighted by molar-refractivity contribution is 6.03. The third-order valence-corrected chi connectivity index (χ3v) is 5.34. The van der Waals surface area contributed by atoms with E-state index in [1.807, 2.05) is 60.7 Å². The maximum atomic E-state index is 11.5. The minimum atomic E-state index is -0.389. The zero-order chi connectivity index (χ0) is 22.0. The van der Waals surface area contributed by atoms with E-state index in [-0.39, 0.29) is 22.1 Å². The van der Waals surface area contributed by atoms with Crippen molar-refractivity contribution in [3.63, 3.8) is 0 Å². The molecule has 3 aromatic rings. The van der Waals surface area contributed by atoms with Gasteiger partial charge in [0.1, 0.15) is 6.61 Å². The molecule has 6 nitrogen and oxygen atoms in total. The Morgan fingerprint density at radius 2 is 1.55 bits per heavy atom. The van der Waals surface area contributed by atoms with Crippen molar-refractivity contribution < 1.29 is 9.66 Å². The smallest absolute Gasteiger partial charge is 0.270 e. The molecule has 158 valence electrons. The van der Waals surface area contributed by atoms with Gasteiger partial charge in [-0.1, -0.05) is 57.2 Å². The van der Waals surface area contributed by atoms with E-state index in [0.717, 1.165) is 17.1 Å². The molecule has 1 aliphatic heterocycles. The Hall–Kier alpha value is -3.67. The molecule has 0 N–H and O–H groups in total. The van der Waals surface area contributed by atoms with Crippen LogP contribution in [0.25, 0.3) is 0 Å². The highest BCUT2D eigenvalue weighted by atomic mass is 16.6. The van der Waals surface area contributed by atoms with Crippen LogP contribution in [0.15, 0.2) is 83.9 Å². The zero-order valence-electron chi connectivity index (χ0n) is 17.9. The fraction of sp³-hybridized carbons (Fsp3) is 0.240. The lowest BCUT2D eigenvalue weighted by Crippen LogP contribution is -2.25. The molecule has 0 spiro atoms. The van der Waals surface area contributed by atoms with Crippen LogP contribution in [0.5, 0.6) is 0 Å². The highest BCUT2D eigenvalue weighted by Crippen LogP contribution is 2.39. The van der Waals surface area contributed by atoms with Crippen LogP contribution in [0.1, 0.15) is 26.3 Å². The van der Waals surface area contributed by atoms with Gasteiger partial charge in [-0.3, -0.25) is 10.1 Å². The van der Waals surface area contributed by atoms with Gasteiger partial charge in [0.15, 0.2) is 0 Å². The third-order valence-electron chi connectivity index (χ3n) is 5.34. The van der Waals surface area contributed by atoms with Crippen LogP contribution >= 0.6 is 0 Å². The Balaban J connectivity index is 1.91. The first-order valence-corrected chi connectivity index (χ1v) is 10.2. The summed E-state index contributed by atoms with van der Waals surface area (Å²) in [5.41, 5.74) is 3.20. The van der Waals surface area contributed by atoms with E-state index in [4.69, 9.17) is 9.73 Å². The van der Waals surface area contributed by atoms with E-state index in [1.54, 1.807) is 12.1 Å². The van der Waals surface area contributed by atoms with Gasteiger partial charge in [-0.25, -0.2) is 4.99 Å². The van der Waals surface area contributed by atoms with Crippen molar-refractivity contribution in [2.75, 3.05) is 11.5 Å². The summed E-state index contributed by atoms with van der Waals surface area (Å²) in [6, 6.07) is 24.6. The third kappa shape index (κ3) is 4.28. The summed E-state index contributed by atoms with van der Waals surface area (Å²) in [6.07, 6.45) is 0. The van der Waals surface area contributed by atoms with Gasteiger partial charge in [0, 0.05) is 23.5 Å². The molecule has 0 bridgehead atoms. The molecule has 1 atom stereocenters. The molecule has 0 aromatic heterocycles. The normalized spacial score (nSPS) is 15.8. The number of rotatable bonds is 5. The molecule has 0 fully saturated rings. The second-order valence-corrected chi connectivity index (χ2v) is 8.59. The quantitative estimate of drug-likeness (QED) is 0.364. The number of hydrogen-bond donors (Lipinski definition) is 0. The number of nitro benzene ring substituents is 1. The van der Waals surface area contributed by atoms with Crippen molar-refractivity contribution in [2.24, 2.45) is 10.4 Å². The highest BCUT2D eigenvalue weighted by Gasteiger charge is 2.33. The Morgan fingerprint density at radius 3 is 2.03 bits per heavy atom. The molecule has 1 aliphatic rings. The first kappa shape index (κ1) is 20.6. The second kappa shape index (κ2) is 8.22. The molecule has 0 saturated heterocycles. The number of aliphatic imine (C=N–C) groups is 1. The average Bonchev–Trinajstić information content (AvgIpc) is 3.26. The van der Waals surface area contributed by atoms with Crippen LogP contribution in [0.4, 0.5) is 22.7 Å². The van der Waals surface area contributed by atoms with Gasteiger partial charge in [-0.2, -0.15) is 0 Å². The number of anilines is 3. The van der Waals surface area contributed by atoms with Crippen molar-refractivity contribution in [2.45, 2.75) is 26.8 Å². The second-order valence-electron chi connectivity index (χ2n) is 8.59. The van der Waals surface area contributed by atoms with Crippen molar-refractivity contribution in [3.05, 3.63) is 94.5 Å². The van der Waals surface area contributed by atoms with Crippen LogP contribution in [0, 0.1) is 15.5 Å². The minimum absolute atomic E-state index is 0.00494. The van der Waals surface area contributed by atoms with Crippen LogP contribution < -0.4 is 4.90 Å². The number of nitro groups is 1. The standard InChI is InChI=1S/C25H25N3O3/c1-25(2,3)23-17-31-24(26-23)21-16-20(28(29)30)14-15-22(21)27(18-10-6-4-7-11-18)19-12-8-5-9-13-19/h4-16,23H,17H2,1-3H3/t23-/m1/s1. The lowest BCUT2D eigenvalue weighted by atomic mass is 9.88. The Labute approximate surface area is 182 Å². The van der Waals surface area contributed by atoms with Crippen LogP contribution in [0.2, 0.25) is 0 Å². The number of hydrogen-bond acceptors (Lipinski definition) is 5. The number of non-ortho nitro benzene ring substituents is 1. The van der Waals surface area contributed by atoms with E-state index >= 15 is 0 Å². The fourth-order valence-electron chi connectivity index (χ4n) is 3.55. The van der Waals surface area contributed by atoms with Crippen molar-refractivity contribution in [3.8, 4) is 0 Å². The first-order chi connectivity index (χ1) is 14.8. The molecular formula is C25H25N3O3. The van der Waals surface area contributed by atoms with E-state index < -0.39 is 0 Å². The molecule has 0 unspecified atom stereocenters. The Kier molecular flexibility index (Phi) is 5.46. The largest absolute Gasteiger partial charge is 0.475 e. The summed E-state index contributed by atoms with van der Waals surface area (Å²) in [4.78, 5) is 18.0. The van der Waals surface area contributed by atoms with Gasteiger partial charge in [0.05, 0.1) is 22.2 Å². The monoisotopic (exact) mass is 415 g/mol. The van der Waals surface area contributed by atoms with Crippen molar-refractivity contribution >= 4 is 28.6 Å². The lowest BCUT2D eigenvalue weighted by Gasteiger charge is -2.27. The van der Waals surface area contributed by atoms with Gasteiger partial charge in [0.2, 0.25) is 5.90 Å². The summed E-state index contributed by atoms with van der Waals surface area (Å²) in [6.45, 7) is 6.80. The van der Waals surface area contributed by atoms with Gasteiger partial charge in [-0.15, -0.1) is 0 Å². The van der Waals surface area contributed by atoms with Crippen LogP contribution in [-0.4, -0.2) is 23.5 Å². The topological polar surface area (TPSA) is 68.0 Å². The maximum absolute atomic E-state index is 11.5.